The van der Waals surface area contributed by atoms with E-state index in [0.717, 1.165) is 45.9 Å². The van der Waals surface area contributed by atoms with Gasteiger partial charge in [-0.25, -0.2) is 0 Å². The van der Waals surface area contributed by atoms with Gasteiger partial charge in [0.15, 0.2) is 0 Å². The van der Waals surface area contributed by atoms with E-state index >= 15 is 0 Å². The van der Waals surface area contributed by atoms with Gasteiger partial charge in [-0.1, -0.05) is 0 Å². The first-order valence-corrected chi connectivity index (χ1v) is 5.85. The number of rotatable bonds is 3. The third-order valence-corrected chi connectivity index (χ3v) is 3.28. The van der Waals surface area contributed by atoms with Crippen molar-refractivity contribution in [3.8, 4) is 0 Å². The number of hydrogen-bond acceptors (Lipinski definition) is 4. The minimum atomic E-state index is -0.238. The van der Waals surface area contributed by atoms with Gasteiger partial charge in [-0.15, -0.1) is 0 Å². The van der Waals surface area contributed by atoms with Crippen molar-refractivity contribution >= 4 is 0 Å². The Labute approximate surface area is 91.2 Å². The molecule has 4 heteroatoms. The highest BCUT2D eigenvalue weighted by Crippen LogP contribution is 2.18. The number of aliphatic hydroxyl groups is 1. The van der Waals surface area contributed by atoms with Gasteiger partial charge in [0.05, 0.1) is 25.4 Å². The Morgan fingerprint density at radius 2 is 2.33 bits per heavy atom. The second-order valence-corrected chi connectivity index (χ2v) is 4.63. The predicted octanol–water partition coefficient (Wildman–Crippen LogP) is 0.104. The Bertz CT molecular complexity index is 194. The molecule has 0 spiro atoms. The maximum absolute atomic E-state index is 10.0. The number of nitrogens with zero attached hydrogens (tertiary/aromatic N) is 1. The van der Waals surface area contributed by atoms with Crippen LogP contribution in [-0.4, -0.2) is 61.7 Å². The third-order valence-electron chi connectivity index (χ3n) is 3.28. The second-order valence-electron chi connectivity index (χ2n) is 4.63. The Kier molecular flexibility index (Phi) is 3.97. The molecular formula is C11H21NO3. The molecule has 0 aromatic rings. The molecule has 4 nitrogen and oxygen atoms in total. The summed E-state index contributed by atoms with van der Waals surface area (Å²) < 4.78 is 10.8. The van der Waals surface area contributed by atoms with Crippen LogP contribution in [0.1, 0.15) is 13.3 Å². The maximum Gasteiger partial charge on any atom is 0.0718 e. The van der Waals surface area contributed by atoms with Crippen molar-refractivity contribution in [2.45, 2.75) is 25.6 Å². The molecule has 0 aromatic carbocycles. The summed E-state index contributed by atoms with van der Waals surface area (Å²) in [7, 11) is 0. The lowest BCUT2D eigenvalue weighted by atomic mass is 10.0. The van der Waals surface area contributed by atoms with Crippen LogP contribution in [0.4, 0.5) is 0 Å². The van der Waals surface area contributed by atoms with Crippen molar-refractivity contribution < 1.29 is 14.6 Å². The molecule has 15 heavy (non-hydrogen) atoms. The predicted molar refractivity (Wildman–Crippen MR) is 56.8 cm³/mol. The first-order chi connectivity index (χ1) is 7.25. The SMILES string of the molecule is CC1CN(CC(O)C2CCOC2)CCO1. The molecule has 2 aliphatic heterocycles. The monoisotopic (exact) mass is 215 g/mol. The third kappa shape index (κ3) is 3.14. The molecule has 88 valence electrons. The van der Waals surface area contributed by atoms with Crippen molar-refractivity contribution in [3.63, 3.8) is 0 Å². The number of β-amino-alcohol motifs (C(OH)–C–C–N with tert-alkyl or cyclic N) is 1. The topological polar surface area (TPSA) is 41.9 Å². The quantitative estimate of drug-likeness (QED) is 0.725. The van der Waals surface area contributed by atoms with Gasteiger partial charge in [0, 0.05) is 32.2 Å². The van der Waals surface area contributed by atoms with Crippen LogP contribution < -0.4 is 0 Å². The van der Waals surface area contributed by atoms with Crippen LogP contribution in [-0.2, 0) is 9.47 Å². The number of ether oxygens (including phenoxy) is 2. The van der Waals surface area contributed by atoms with Gasteiger partial charge in [0.2, 0.25) is 0 Å². The van der Waals surface area contributed by atoms with Gasteiger partial charge < -0.3 is 14.6 Å². The first-order valence-electron chi connectivity index (χ1n) is 5.85. The van der Waals surface area contributed by atoms with Crippen molar-refractivity contribution in [1.82, 2.24) is 4.90 Å². The average Bonchev–Trinajstić information content (AvgIpc) is 2.70. The van der Waals surface area contributed by atoms with Crippen molar-refractivity contribution in [2.75, 3.05) is 39.5 Å². The van der Waals surface area contributed by atoms with Crippen molar-refractivity contribution in [2.24, 2.45) is 5.92 Å². The average molecular weight is 215 g/mol. The van der Waals surface area contributed by atoms with Gasteiger partial charge in [-0.2, -0.15) is 0 Å². The zero-order chi connectivity index (χ0) is 10.7. The highest BCUT2D eigenvalue weighted by Gasteiger charge is 2.27. The largest absolute Gasteiger partial charge is 0.391 e. The van der Waals surface area contributed by atoms with Crippen LogP contribution in [0.5, 0.6) is 0 Å². The molecule has 2 aliphatic rings. The molecule has 1 N–H and O–H groups in total. The Balaban J connectivity index is 1.74. The first kappa shape index (κ1) is 11.3. The van der Waals surface area contributed by atoms with Crippen LogP contribution in [0.3, 0.4) is 0 Å². The standard InChI is InChI=1S/C11H21NO3/c1-9-6-12(3-5-15-9)7-11(13)10-2-4-14-8-10/h9-11,13H,2-8H2,1H3. The fourth-order valence-electron chi connectivity index (χ4n) is 2.33. The van der Waals surface area contributed by atoms with E-state index < -0.39 is 0 Å². The zero-order valence-electron chi connectivity index (χ0n) is 9.39. The summed E-state index contributed by atoms with van der Waals surface area (Å²) in [5.74, 6) is 0.336. The van der Waals surface area contributed by atoms with Gasteiger partial charge in [0.1, 0.15) is 0 Å². The molecule has 0 aliphatic carbocycles. The molecular weight excluding hydrogens is 194 g/mol. The van der Waals surface area contributed by atoms with E-state index in [0.29, 0.717) is 12.0 Å². The number of hydrogen-bond donors (Lipinski definition) is 1. The van der Waals surface area contributed by atoms with Crippen LogP contribution in [0, 0.1) is 5.92 Å². The molecule has 2 heterocycles. The summed E-state index contributed by atoms with van der Waals surface area (Å²) >= 11 is 0. The Morgan fingerprint density at radius 3 is 3.00 bits per heavy atom. The molecule has 2 saturated heterocycles. The van der Waals surface area contributed by atoms with E-state index in [4.69, 9.17) is 9.47 Å². The lowest BCUT2D eigenvalue weighted by molar-refractivity contribution is -0.0389. The van der Waals surface area contributed by atoms with Crippen molar-refractivity contribution in [1.29, 1.82) is 0 Å². The van der Waals surface area contributed by atoms with E-state index in [2.05, 4.69) is 11.8 Å². The van der Waals surface area contributed by atoms with E-state index in [1.165, 1.54) is 0 Å². The smallest absolute Gasteiger partial charge is 0.0718 e. The maximum atomic E-state index is 10.0. The minimum absolute atomic E-state index is 0.238. The van der Waals surface area contributed by atoms with Gasteiger partial charge in [0.25, 0.3) is 0 Å². The van der Waals surface area contributed by atoms with Crippen molar-refractivity contribution in [3.05, 3.63) is 0 Å². The molecule has 3 atom stereocenters. The van der Waals surface area contributed by atoms with Gasteiger partial charge in [-0.3, -0.25) is 4.90 Å². The summed E-state index contributed by atoms with van der Waals surface area (Å²) in [6.45, 7) is 7.04. The van der Waals surface area contributed by atoms with Crippen LogP contribution >= 0.6 is 0 Å². The number of morpholine rings is 1. The minimum Gasteiger partial charge on any atom is -0.391 e. The second kappa shape index (κ2) is 5.25. The normalized spacial score (nSPS) is 35.6. The Hall–Kier alpha value is -0.160. The van der Waals surface area contributed by atoms with E-state index in [1.54, 1.807) is 0 Å². The molecule has 0 aromatic heterocycles. The highest BCUT2D eigenvalue weighted by molar-refractivity contribution is 4.78. The van der Waals surface area contributed by atoms with E-state index in [-0.39, 0.29) is 6.10 Å². The highest BCUT2D eigenvalue weighted by atomic mass is 16.5. The lowest BCUT2D eigenvalue weighted by Gasteiger charge is -2.33. The summed E-state index contributed by atoms with van der Waals surface area (Å²) in [5.41, 5.74) is 0. The lowest BCUT2D eigenvalue weighted by Crippen LogP contribution is -2.46. The fraction of sp³-hybridized carbons (Fsp3) is 1.00. The zero-order valence-corrected chi connectivity index (χ0v) is 9.39. The Morgan fingerprint density at radius 1 is 1.47 bits per heavy atom. The summed E-state index contributed by atoms with van der Waals surface area (Å²) in [6, 6.07) is 0. The van der Waals surface area contributed by atoms with E-state index in [1.807, 2.05) is 0 Å². The van der Waals surface area contributed by atoms with Crippen LogP contribution in [0.25, 0.3) is 0 Å². The molecule has 2 fully saturated rings. The molecule has 3 unspecified atom stereocenters. The van der Waals surface area contributed by atoms with Gasteiger partial charge in [-0.05, 0) is 13.3 Å². The molecule has 2 rings (SSSR count). The fourth-order valence-corrected chi connectivity index (χ4v) is 2.33. The van der Waals surface area contributed by atoms with Crippen LogP contribution in [0.15, 0.2) is 0 Å². The summed E-state index contributed by atoms with van der Waals surface area (Å²) in [5, 5.41) is 10.0. The van der Waals surface area contributed by atoms with Gasteiger partial charge >= 0.3 is 0 Å². The molecule has 0 amide bonds. The molecule has 0 radical (unpaired) electrons. The van der Waals surface area contributed by atoms with E-state index in [9.17, 15) is 5.11 Å². The van der Waals surface area contributed by atoms with Crippen LogP contribution in [0.2, 0.25) is 0 Å². The summed E-state index contributed by atoms with van der Waals surface area (Å²) in [4.78, 5) is 2.29. The summed E-state index contributed by atoms with van der Waals surface area (Å²) in [6.07, 6.45) is 1.06. The molecule has 0 bridgehead atoms. The number of aliphatic hydroxyl groups excluding tert-OH is 1. The molecule has 0 saturated carbocycles.